The summed E-state index contributed by atoms with van der Waals surface area (Å²) in [7, 11) is 0. The summed E-state index contributed by atoms with van der Waals surface area (Å²) in [6.45, 7) is 2.34. The molecule has 0 saturated heterocycles. The van der Waals surface area contributed by atoms with Crippen LogP contribution in [0.2, 0.25) is 0 Å². The Bertz CT molecular complexity index is 1230. The van der Waals surface area contributed by atoms with Crippen LogP contribution >= 0.6 is 11.3 Å². The maximum Gasteiger partial charge on any atom is 0.316 e. The lowest BCUT2D eigenvalue weighted by molar-refractivity contribution is -0.133. The highest BCUT2D eigenvalue weighted by Crippen LogP contribution is 2.31. The first kappa shape index (κ1) is 19.7. The van der Waals surface area contributed by atoms with Gasteiger partial charge in [0.1, 0.15) is 17.6 Å². The molecule has 152 valence electrons. The topological polar surface area (TPSA) is 75.0 Å². The summed E-state index contributed by atoms with van der Waals surface area (Å²) in [5, 5.41) is 2.22. The van der Waals surface area contributed by atoms with Crippen LogP contribution in [0.5, 0.6) is 23.0 Å². The fourth-order valence-electron chi connectivity index (χ4n) is 2.88. The van der Waals surface area contributed by atoms with Crippen molar-refractivity contribution < 1.29 is 23.4 Å². The molecule has 6 nitrogen and oxygen atoms in total. The molecule has 0 aliphatic rings. The molecule has 0 unspecified atom stereocenters. The van der Waals surface area contributed by atoms with Crippen LogP contribution in [0, 0.1) is 0 Å². The molecule has 0 aliphatic heterocycles. The van der Waals surface area contributed by atoms with Crippen LogP contribution < -0.4 is 19.6 Å². The lowest BCUT2D eigenvalue weighted by Gasteiger charge is -2.11. The molecule has 2 aromatic carbocycles. The molecule has 7 heteroatoms. The normalized spacial score (nSPS) is 10.7. The molecule has 0 saturated carbocycles. The molecule has 2 heterocycles. The number of ether oxygens (including phenoxy) is 3. The first-order chi connectivity index (χ1) is 14.6. The highest BCUT2D eigenvalue weighted by atomic mass is 32.1. The van der Waals surface area contributed by atoms with E-state index in [-0.39, 0.29) is 23.6 Å². The Hall–Kier alpha value is -3.58. The van der Waals surface area contributed by atoms with Gasteiger partial charge in [-0.1, -0.05) is 18.2 Å². The molecular formula is C23H18O6S. The Morgan fingerprint density at radius 3 is 2.63 bits per heavy atom. The van der Waals surface area contributed by atoms with Crippen molar-refractivity contribution in [2.45, 2.75) is 13.3 Å². The molecule has 0 radical (unpaired) electrons. The molecule has 0 bridgehead atoms. The number of hydrogen-bond acceptors (Lipinski definition) is 7. The smallest absolute Gasteiger partial charge is 0.316 e. The van der Waals surface area contributed by atoms with Gasteiger partial charge in [-0.2, -0.15) is 0 Å². The number of carbonyl (C=O) groups excluding carboxylic acids is 1. The number of rotatable bonds is 7. The molecule has 0 fully saturated rings. The van der Waals surface area contributed by atoms with E-state index in [1.54, 1.807) is 30.3 Å². The lowest BCUT2D eigenvalue weighted by atomic mass is 10.2. The van der Waals surface area contributed by atoms with E-state index < -0.39 is 0 Å². The molecule has 0 amide bonds. The van der Waals surface area contributed by atoms with Crippen LogP contribution in [0.3, 0.4) is 0 Å². The van der Waals surface area contributed by atoms with Crippen LogP contribution in [0.1, 0.15) is 11.8 Å². The molecule has 2 aromatic heterocycles. The minimum absolute atomic E-state index is 0.0390. The number of para-hydroxylation sites is 2. The van der Waals surface area contributed by atoms with Crippen molar-refractivity contribution in [2.24, 2.45) is 0 Å². The standard InChI is InChI=1S/C23H18O6S/c1-2-26-18-7-3-4-8-19(18)29-21-14-27-20-12-15(9-10-17(20)23(21)25)28-22(24)13-16-6-5-11-30-16/h3-12,14H,2,13H2,1H3. The van der Waals surface area contributed by atoms with Crippen molar-refractivity contribution in [3.63, 3.8) is 0 Å². The summed E-state index contributed by atoms with van der Waals surface area (Å²) in [5.41, 5.74) is -0.0362. The first-order valence-electron chi connectivity index (χ1n) is 9.32. The van der Waals surface area contributed by atoms with Crippen molar-refractivity contribution in [1.29, 1.82) is 0 Å². The highest BCUT2D eigenvalue weighted by Gasteiger charge is 2.14. The predicted molar refractivity (Wildman–Crippen MR) is 114 cm³/mol. The Labute approximate surface area is 176 Å². The van der Waals surface area contributed by atoms with Gasteiger partial charge in [-0.25, -0.2) is 0 Å². The Morgan fingerprint density at radius 1 is 1.03 bits per heavy atom. The van der Waals surface area contributed by atoms with Gasteiger partial charge in [0.15, 0.2) is 11.5 Å². The van der Waals surface area contributed by atoms with Crippen molar-refractivity contribution in [1.82, 2.24) is 0 Å². The van der Waals surface area contributed by atoms with Gasteiger partial charge in [0.2, 0.25) is 11.2 Å². The van der Waals surface area contributed by atoms with E-state index in [2.05, 4.69) is 0 Å². The van der Waals surface area contributed by atoms with E-state index >= 15 is 0 Å². The third-order valence-corrected chi connectivity index (χ3v) is 5.09. The monoisotopic (exact) mass is 422 g/mol. The molecule has 0 atom stereocenters. The third-order valence-electron chi connectivity index (χ3n) is 4.21. The van der Waals surface area contributed by atoms with Gasteiger partial charge in [0.25, 0.3) is 0 Å². The van der Waals surface area contributed by atoms with Crippen LogP contribution in [0.4, 0.5) is 0 Å². The molecule has 4 rings (SSSR count). The first-order valence-corrected chi connectivity index (χ1v) is 10.2. The van der Waals surface area contributed by atoms with E-state index in [4.69, 9.17) is 18.6 Å². The molecule has 0 spiro atoms. The molecule has 0 N–H and O–H groups in total. The number of esters is 1. The lowest BCUT2D eigenvalue weighted by Crippen LogP contribution is -2.11. The van der Waals surface area contributed by atoms with Crippen LogP contribution in [-0.4, -0.2) is 12.6 Å². The minimum Gasteiger partial charge on any atom is -0.490 e. The second kappa shape index (κ2) is 8.84. The van der Waals surface area contributed by atoms with Gasteiger partial charge >= 0.3 is 5.97 Å². The zero-order valence-electron chi connectivity index (χ0n) is 16.1. The SMILES string of the molecule is CCOc1ccccc1Oc1coc2cc(OC(=O)Cc3cccs3)ccc2c1=O. The number of carbonyl (C=O) groups is 1. The van der Waals surface area contributed by atoms with E-state index in [0.29, 0.717) is 34.8 Å². The molecule has 0 aliphatic carbocycles. The highest BCUT2D eigenvalue weighted by molar-refractivity contribution is 7.10. The van der Waals surface area contributed by atoms with Gasteiger partial charge in [0, 0.05) is 10.9 Å². The number of benzene rings is 2. The van der Waals surface area contributed by atoms with Gasteiger partial charge in [-0.15, -0.1) is 11.3 Å². The average molecular weight is 422 g/mol. The van der Waals surface area contributed by atoms with E-state index in [1.807, 2.05) is 30.5 Å². The Balaban J connectivity index is 1.56. The fraction of sp³-hybridized carbons (Fsp3) is 0.130. The summed E-state index contributed by atoms with van der Waals surface area (Å²) in [4.78, 5) is 25.8. The van der Waals surface area contributed by atoms with Crippen LogP contribution in [0.25, 0.3) is 11.0 Å². The van der Waals surface area contributed by atoms with E-state index in [0.717, 1.165) is 4.88 Å². The maximum atomic E-state index is 12.8. The van der Waals surface area contributed by atoms with E-state index in [9.17, 15) is 9.59 Å². The zero-order valence-corrected chi connectivity index (χ0v) is 16.9. The summed E-state index contributed by atoms with van der Waals surface area (Å²) in [6.07, 6.45) is 1.43. The summed E-state index contributed by atoms with van der Waals surface area (Å²) >= 11 is 1.49. The molecule has 30 heavy (non-hydrogen) atoms. The van der Waals surface area contributed by atoms with Crippen LogP contribution in [0.15, 0.2) is 75.5 Å². The predicted octanol–water partition coefficient (Wildman–Crippen LogP) is 5.19. The fourth-order valence-corrected chi connectivity index (χ4v) is 3.57. The van der Waals surface area contributed by atoms with E-state index in [1.165, 1.54) is 23.7 Å². The average Bonchev–Trinajstić information content (AvgIpc) is 3.24. The summed E-state index contributed by atoms with van der Waals surface area (Å²) in [6, 6.07) is 15.5. The van der Waals surface area contributed by atoms with Crippen molar-refractivity contribution in [2.75, 3.05) is 6.61 Å². The Morgan fingerprint density at radius 2 is 1.87 bits per heavy atom. The Kier molecular flexibility index (Phi) is 5.81. The van der Waals surface area contributed by atoms with Gasteiger partial charge in [-0.3, -0.25) is 9.59 Å². The molecular weight excluding hydrogens is 404 g/mol. The van der Waals surface area contributed by atoms with Gasteiger partial charge in [0.05, 0.1) is 18.4 Å². The third kappa shape index (κ3) is 4.36. The zero-order chi connectivity index (χ0) is 20.9. The molecule has 4 aromatic rings. The maximum absolute atomic E-state index is 12.8. The summed E-state index contributed by atoms with van der Waals surface area (Å²) in [5.74, 6) is 0.920. The quantitative estimate of drug-likeness (QED) is 0.301. The van der Waals surface area contributed by atoms with Crippen LogP contribution in [-0.2, 0) is 11.2 Å². The second-order valence-electron chi connectivity index (χ2n) is 6.30. The minimum atomic E-state index is -0.383. The van der Waals surface area contributed by atoms with Gasteiger partial charge in [-0.05, 0) is 42.6 Å². The number of fused-ring (bicyclic) bond motifs is 1. The summed E-state index contributed by atoms with van der Waals surface area (Å²) < 4.78 is 22.2. The van der Waals surface area contributed by atoms with Gasteiger partial charge < -0.3 is 18.6 Å². The van der Waals surface area contributed by atoms with Crippen molar-refractivity contribution in [3.05, 3.63) is 81.3 Å². The van der Waals surface area contributed by atoms with Crippen molar-refractivity contribution in [3.8, 4) is 23.0 Å². The van der Waals surface area contributed by atoms with Crippen molar-refractivity contribution >= 4 is 28.3 Å². The largest absolute Gasteiger partial charge is 0.490 e. The second-order valence-corrected chi connectivity index (χ2v) is 7.33. The number of hydrogen-bond donors (Lipinski definition) is 0. The number of thiophene rings is 1.